The Morgan fingerprint density at radius 1 is 1.40 bits per heavy atom. The van der Waals surface area contributed by atoms with E-state index in [-0.39, 0.29) is 18.1 Å². The number of cyclic esters (lactones) is 1. The van der Waals surface area contributed by atoms with Gasteiger partial charge in [-0.3, -0.25) is 9.69 Å². The van der Waals surface area contributed by atoms with Crippen molar-refractivity contribution in [2.24, 2.45) is 0 Å². The van der Waals surface area contributed by atoms with Crippen molar-refractivity contribution >= 4 is 5.97 Å². The van der Waals surface area contributed by atoms with E-state index in [1.54, 1.807) is 0 Å². The number of carbonyl (C=O) groups excluding carboxylic acids is 1. The van der Waals surface area contributed by atoms with Crippen molar-refractivity contribution in [2.75, 3.05) is 6.54 Å². The average molecular weight is 278 g/mol. The van der Waals surface area contributed by atoms with Gasteiger partial charge in [-0.1, -0.05) is 0 Å². The molecular formula is C14H22N4O2. The first-order valence-corrected chi connectivity index (χ1v) is 7.39. The molecule has 0 aromatic carbocycles. The van der Waals surface area contributed by atoms with Gasteiger partial charge in [0.2, 0.25) is 0 Å². The van der Waals surface area contributed by atoms with Gasteiger partial charge >= 0.3 is 5.97 Å². The van der Waals surface area contributed by atoms with Crippen LogP contribution in [0.5, 0.6) is 0 Å². The van der Waals surface area contributed by atoms with E-state index >= 15 is 0 Å². The van der Waals surface area contributed by atoms with Crippen LogP contribution in [-0.2, 0) is 16.1 Å². The highest BCUT2D eigenvalue weighted by Crippen LogP contribution is 2.28. The minimum Gasteiger partial charge on any atom is -0.461 e. The Morgan fingerprint density at radius 2 is 2.20 bits per heavy atom. The lowest BCUT2D eigenvalue weighted by Gasteiger charge is -2.28. The molecule has 3 rings (SSSR count). The van der Waals surface area contributed by atoms with Gasteiger partial charge in [0, 0.05) is 12.5 Å². The number of hydrogen-bond donors (Lipinski definition) is 0. The van der Waals surface area contributed by atoms with Crippen LogP contribution < -0.4 is 0 Å². The number of ether oxygens (including phenoxy) is 1. The highest BCUT2D eigenvalue weighted by atomic mass is 16.6. The van der Waals surface area contributed by atoms with Gasteiger partial charge < -0.3 is 4.74 Å². The molecule has 0 spiro atoms. The summed E-state index contributed by atoms with van der Waals surface area (Å²) in [5.74, 6) is 1.69. The normalized spacial score (nSPS) is 30.9. The van der Waals surface area contributed by atoms with E-state index in [9.17, 15) is 4.79 Å². The summed E-state index contributed by atoms with van der Waals surface area (Å²) >= 11 is 0. The SMILES string of the molecule is Cc1nc(C)n(CC2CCCN2C2CC(C)OC2=O)n1. The highest BCUT2D eigenvalue weighted by Gasteiger charge is 2.41. The molecule has 2 fully saturated rings. The third kappa shape index (κ3) is 2.44. The lowest BCUT2D eigenvalue weighted by Crippen LogP contribution is -2.43. The summed E-state index contributed by atoms with van der Waals surface area (Å²) in [4.78, 5) is 18.6. The second-order valence-electron chi connectivity index (χ2n) is 5.92. The van der Waals surface area contributed by atoms with Crippen molar-refractivity contribution < 1.29 is 9.53 Å². The zero-order valence-corrected chi connectivity index (χ0v) is 12.4. The van der Waals surface area contributed by atoms with Crippen LogP contribution in [0.3, 0.4) is 0 Å². The Morgan fingerprint density at radius 3 is 2.80 bits per heavy atom. The molecule has 3 heterocycles. The van der Waals surface area contributed by atoms with E-state index in [1.165, 1.54) is 0 Å². The molecule has 0 saturated carbocycles. The van der Waals surface area contributed by atoms with Crippen molar-refractivity contribution in [3.05, 3.63) is 11.6 Å². The van der Waals surface area contributed by atoms with E-state index in [0.29, 0.717) is 6.04 Å². The molecule has 1 aromatic rings. The first-order chi connectivity index (χ1) is 9.54. The molecule has 0 amide bonds. The van der Waals surface area contributed by atoms with Gasteiger partial charge in [-0.15, -0.1) is 0 Å². The molecule has 0 aliphatic carbocycles. The first kappa shape index (κ1) is 13.5. The molecule has 2 aliphatic heterocycles. The summed E-state index contributed by atoms with van der Waals surface area (Å²) in [5.41, 5.74) is 0. The molecule has 2 saturated heterocycles. The summed E-state index contributed by atoms with van der Waals surface area (Å²) in [6, 6.07) is 0.292. The molecule has 0 bridgehead atoms. The molecule has 1 aromatic heterocycles. The number of esters is 1. The van der Waals surface area contributed by atoms with Crippen LogP contribution in [0.1, 0.15) is 37.8 Å². The molecule has 0 N–H and O–H groups in total. The molecule has 0 radical (unpaired) electrons. The van der Waals surface area contributed by atoms with Gasteiger partial charge in [0.05, 0.1) is 6.54 Å². The number of carbonyl (C=O) groups is 1. The maximum Gasteiger partial charge on any atom is 0.323 e. The lowest BCUT2D eigenvalue weighted by molar-refractivity contribution is -0.145. The molecule has 110 valence electrons. The Kier molecular flexibility index (Phi) is 3.50. The van der Waals surface area contributed by atoms with Crippen molar-refractivity contribution in [3.63, 3.8) is 0 Å². The molecule has 20 heavy (non-hydrogen) atoms. The van der Waals surface area contributed by atoms with Crippen LogP contribution in [-0.4, -0.2) is 50.4 Å². The predicted octanol–water partition coefficient (Wildman–Crippen LogP) is 1.06. The van der Waals surface area contributed by atoms with Gasteiger partial charge in [-0.2, -0.15) is 5.10 Å². The van der Waals surface area contributed by atoms with E-state index < -0.39 is 0 Å². The van der Waals surface area contributed by atoms with Crippen molar-refractivity contribution in [1.82, 2.24) is 19.7 Å². The lowest BCUT2D eigenvalue weighted by atomic mass is 10.1. The third-order valence-electron chi connectivity index (χ3n) is 4.31. The van der Waals surface area contributed by atoms with Crippen LogP contribution in [0.2, 0.25) is 0 Å². The van der Waals surface area contributed by atoms with E-state index in [1.807, 2.05) is 25.5 Å². The maximum absolute atomic E-state index is 11.9. The largest absolute Gasteiger partial charge is 0.461 e. The molecule has 6 heteroatoms. The van der Waals surface area contributed by atoms with Crippen molar-refractivity contribution in [2.45, 2.75) is 64.8 Å². The Hall–Kier alpha value is -1.43. The Balaban J connectivity index is 1.73. The average Bonchev–Trinajstić information content (AvgIpc) is 3.02. The minimum atomic E-state index is -0.0672. The smallest absolute Gasteiger partial charge is 0.323 e. The van der Waals surface area contributed by atoms with Crippen molar-refractivity contribution in [1.29, 1.82) is 0 Å². The van der Waals surface area contributed by atoms with Crippen molar-refractivity contribution in [3.8, 4) is 0 Å². The quantitative estimate of drug-likeness (QED) is 0.774. The van der Waals surface area contributed by atoms with Gasteiger partial charge in [-0.05, 0) is 40.2 Å². The number of hydrogen-bond acceptors (Lipinski definition) is 5. The summed E-state index contributed by atoms with van der Waals surface area (Å²) in [7, 11) is 0. The standard InChI is InChI=1S/C14H22N4O2/c1-9-7-13(14(19)20-9)17-6-4-5-12(17)8-18-11(3)15-10(2)16-18/h9,12-13H,4-8H2,1-3H3. The molecular weight excluding hydrogens is 256 g/mol. The predicted molar refractivity (Wildman–Crippen MR) is 73.2 cm³/mol. The highest BCUT2D eigenvalue weighted by molar-refractivity contribution is 5.78. The Labute approximate surface area is 119 Å². The van der Waals surface area contributed by atoms with Gasteiger partial charge in [0.25, 0.3) is 0 Å². The topological polar surface area (TPSA) is 60.2 Å². The second kappa shape index (κ2) is 5.16. The minimum absolute atomic E-state index is 0.0455. The van der Waals surface area contributed by atoms with E-state index in [0.717, 1.165) is 44.0 Å². The summed E-state index contributed by atoms with van der Waals surface area (Å²) in [6.45, 7) is 7.64. The van der Waals surface area contributed by atoms with Gasteiger partial charge in [-0.25, -0.2) is 9.67 Å². The van der Waals surface area contributed by atoms with Gasteiger partial charge in [0.1, 0.15) is 23.8 Å². The summed E-state index contributed by atoms with van der Waals surface area (Å²) in [5, 5.41) is 4.43. The number of likely N-dealkylation sites (tertiary alicyclic amines) is 1. The van der Waals surface area contributed by atoms with E-state index in [4.69, 9.17) is 4.74 Å². The maximum atomic E-state index is 11.9. The monoisotopic (exact) mass is 278 g/mol. The Bertz CT molecular complexity index is 513. The van der Waals surface area contributed by atoms with Crippen LogP contribution in [0, 0.1) is 13.8 Å². The number of aromatic nitrogens is 3. The van der Waals surface area contributed by atoms with Crippen LogP contribution >= 0.6 is 0 Å². The zero-order valence-electron chi connectivity index (χ0n) is 12.4. The van der Waals surface area contributed by atoms with E-state index in [2.05, 4.69) is 15.0 Å². The third-order valence-corrected chi connectivity index (χ3v) is 4.31. The fraction of sp³-hybridized carbons (Fsp3) is 0.786. The fourth-order valence-electron chi connectivity index (χ4n) is 3.40. The first-order valence-electron chi connectivity index (χ1n) is 7.39. The number of nitrogens with zero attached hydrogens (tertiary/aromatic N) is 4. The molecule has 2 aliphatic rings. The van der Waals surface area contributed by atoms with Gasteiger partial charge in [0.15, 0.2) is 0 Å². The fourth-order valence-corrected chi connectivity index (χ4v) is 3.40. The zero-order chi connectivity index (χ0) is 14.3. The molecule has 3 atom stereocenters. The summed E-state index contributed by atoms with van der Waals surface area (Å²) in [6.07, 6.45) is 3.10. The molecule has 6 nitrogen and oxygen atoms in total. The van der Waals surface area contributed by atoms with Crippen LogP contribution in [0.4, 0.5) is 0 Å². The van der Waals surface area contributed by atoms with Crippen LogP contribution in [0.25, 0.3) is 0 Å². The van der Waals surface area contributed by atoms with Crippen LogP contribution in [0.15, 0.2) is 0 Å². The summed E-state index contributed by atoms with van der Waals surface area (Å²) < 4.78 is 7.26. The number of aryl methyl sites for hydroxylation is 2. The second-order valence-corrected chi connectivity index (χ2v) is 5.92. The number of rotatable bonds is 3. The molecule has 3 unspecified atom stereocenters.